The van der Waals surface area contributed by atoms with Gasteiger partial charge in [-0.2, -0.15) is 0 Å². The number of anilines is 1. The molecule has 1 aliphatic heterocycles. The summed E-state index contributed by atoms with van der Waals surface area (Å²) >= 11 is 0. The molecule has 1 N–H and O–H groups in total. The van der Waals surface area contributed by atoms with Crippen LogP contribution in [0.3, 0.4) is 0 Å². The van der Waals surface area contributed by atoms with Gasteiger partial charge in [-0.05, 0) is 64.6 Å². The number of nitrogens with one attached hydrogen (secondary N) is 1. The SMILES string of the molecule is CCOCCCN[C@@H]1CCCN(c2nc(C)c3ccc(C)cc3n2)CC1. The molecule has 0 amide bonds. The van der Waals surface area contributed by atoms with Crippen molar-refractivity contribution in [3.8, 4) is 0 Å². The summed E-state index contributed by atoms with van der Waals surface area (Å²) in [5.41, 5.74) is 3.37. The Morgan fingerprint density at radius 1 is 1.19 bits per heavy atom. The number of rotatable bonds is 7. The largest absolute Gasteiger partial charge is 0.382 e. The zero-order valence-corrected chi connectivity index (χ0v) is 16.4. The van der Waals surface area contributed by atoms with Crippen LogP contribution in [-0.2, 0) is 4.74 Å². The highest BCUT2D eigenvalue weighted by molar-refractivity contribution is 5.82. The Morgan fingerprint density at radius 3 is 2.92 bits per heavy atom. The Hall–Kier alpha value is -1.72. The summed E-state index contributed by atoms with van der Waals surface area (Å²) in [5.74, 6) is 0.887. The van der Waals surface area contributed by atoms with Crippen molar-refractivity contribution in [3.63, 3.8) is 0 Å². The second-order valence-corrected chi connectivity index (χ2v) is 7.25. The monoisotopic (exact) mass is 356 g/mol. The van der Waals surface area contributed by atoms with Crippen molar-refractivity contribution in [2.24, 2.45) is 0 Å². The van der Waals surface area contributed by atoms with E-state index in [9.17, 15) is 0 Å². The van der Waals surface area contributed by atoms with Crippen LogP contribution in [0.15, 0.2) is 18.2 Å². The molecule has 1 fully saturated rings. The first-order chi connectivity index (χ1) is 12.7. The van der Waals surface area contributed by atoms with Crippen molar-refractivity contribution < 1.29 is 4.74 Å². The summed E-state index contributed by atoms with van der Waals surface area (Å²) in [6.07, 6.45) is 4.62. The van der Waals surface area contributed by atoms with E-state index in [1.165, 1.54) is 18.4 Å². The van der Waals surface area contributed by atoms with Crippen molar-refractivity contribution in [1.82, 2.24) is 15.3 Å². The highest BCUT2D eigenvalue weighted by Gasteiger charge is 2.19. The molecule has 0 spiro atoms. The van der Waals surface area contributed by atoms with Gasteiger partial charge in [0.1, 0.15) is 0 Å². The van der Waals surface area contributed by atoms with Gasteiger partial charge in [0.25, 0.3) is 0 Å². The van der Waals surface area contributed by atoms with Gasteiger partial charge in [-0.25, -0.2) is 9.97 Å². The molecule has 0 unspecified atom stereocenters. The molecule has 26 heavy (non-hydrogen) atoms. The zero-order valence-electron chi connectivity index (χ0n) is 16.4. The van der Waals surface area contributed by atoms with Crippen molar-refractivity contribution in [3.05, 3.63) is 29.5 Å². The minimum Gasteiger partial charge on any atom is -0.382 e. The molecule has 2 aromatic rings. The van der Waals surface area contributed by atoms with Crippen LogP contribution in [0, 0.1) is 13.8 Å². The van der Waals surface area contributed by atoms with Crippen LogP contribution in [0.25, 0.3) is 10.9 Å². The van der Waals surface area contributed by atoms with Crippen LogP contribution >= 0.6 is 0 Å². The van der Waals surface area contributed by atoms with Gasteiger partial charge in [-0.3, -0.25) is 0 Å². The van der Waals surface area contributed by atoms with Crippen LogP contribution in [-0.4, -0.2) is 48.9 Å². The standard InChI is InChI=1S/C21H32N4O/c1-4-26-14-6-11-22-18-7-5-12-25(13-10-18)21-23-17(3)19-9-8-16(2)15-20(19)24-21/h8-9,15,18,22H,4-7,10-14H2,1-3H3/t18-/m1/s1. The number of ether oxygens (including phenoxy) is 1. The molecule has 1 atom stereocenters. The summed E-state index contributed by atoms with van der Waals surface area (Å²) < 4.78 is 5.41. The third-order valence-corrected chi connectivity index (χ3v) is 5.14. The van der Waals surface area contributed by atoms with E-state index in [1.807, 2.05) is 6.92 Å². The molecule has 2 heterocycles. The average Bonchev–Trinajstić information content (AvgIpc) is 2.87. The second kappa shape index (κ2) is 9.28. The van der Waals surface area contributed by atoms with Gasteiger partial charge >= 0.3 is 0 Å². The maximum atomic E-state index is 5.41. The van der Waals surface area contributed by atoms with Crippen molar-refractivity contribution in [1.29, 1.82) is 0 Å². The van der Waals surface area contributed by atoms with Gasteiger partial charge < -0.3 is 15.0 Å². The third-order valence-electron chi connectivity index (χ3n) is 5.14. The van der Waals surface area contributed by atoms with Crippen LogP contribution in [0.1, 0.15) is 43.9 Å². The number of benzene rings is 1. The van der Waals surface area contributed by atoms with Gasteiger partial charge in [0.15, 0.2) is 0 Å². The first-order valence-corrected chi connectivity index (χ1v) is 9.98. The van der Waals surface area contributed by atoms with Gasteiger partial charge in [0.2, 0.25) is 5.95 Å². The van der Waals surface area contributed by atoms with E-state index in [2.05, 4.69) is 42.3 Å². The highest BCUT2D eigenvalue weighted by Crippen LogP contribution is 2.22. The number of hydrogen-bond acceptors (Lipinski definition) is 5. The van der Waals surface area contributed by atoms with Crippen LogP contribution in [0.2, 0.25) is 0 Å². The molecule has 5 nitrogen and oxygen atoms in total. The zero-order chi connectivity index (χ0) is 18.4. The smallest absolute Gasteiger partial charge is 0.226 e. The topological polar surface area (TPSA) is 50.3 Å². The molecule has 0 bridgehead atoms. The van der Waals surface area contributed by atoms with E-state index in [0.717, 1.165) is 68.2 Å². The Balaban J connectivity index is 1.61. The fourth-order valence-electron chi connectivity index (χ4n) is 3.65. The molecule has 0 radical (unpaired) electrons. The van der Waals surface area contributed by atoms with Crippen molar-refractivity contribution in [2.75, 3.05) is 37.7 Å². The number of nitrogens with zero attached hydrogens (tertiary/aromatic N) is 3. The summed E-state index contributed by atoms with van der Waals surface area (Å²) in [6, 6.07) is 7.01. The van der Waals surface area contributed by atoms with E-state index in [4.69, 9.17) is 14.7 Å². The molecular weight excluding hydrogens is 324 g/mol. The summed E-state index contributed by atoms with van der Waals surface area (Å²) in [6.45, 7) is 11.0. The summed E-state index contributed by atoms with van der Waals surface area (Å²) in [7, 11) is 0. The minimum absolute atomic E-state index is 0.588. The highest BCUT2D eigenvalue weighted by atomic mass is 16.5. The lowest BCUT2D eigenvalue weighted by atomic mass is 10.1. The Morgan fingerprint density at radius 2 is 2.08 bits per heavy atom. The Labute approximate surface area is 157 Å². The fraction of sp³-hybridized carbons (Fsp3) is 0.619. The molecular formula is C21H32N4O. The summed E-state index contributed by atoms with van der Waals surface area (Å²) in [5, 5.41) is 4.85. The molecule has 5 heteroatoms. The van der Waals surface area contributed by atoms with E-state index in [0.29, 0.717) is 6.04 Å². The normalized spacial score (nSPS) is 18.3. The van der Waals surface area contributed by atoms with Crippen LogP contribution < -0.4 is 10.2 Å². The van der Waals surface area contributed by atoms with E-state index in [-0.39, 0.29) is 0 Å². The molecule has 142 valence electrons. The second-order valence-electron chi connectivity index (χ2n) is 7.25. The number of fused-ring (bicyclic) bond motifs is 1. The first kappa shape index (κ1) is 19.1. The Bertz CT molecular complexity index is 718. The van der Waals surface area contributed by atoms with E-state index < -0.39 is 0 Å². The fourth-order valence-corrected chi connectivity index (χ4v) is 3.65. The average molecular weight is 357 g/mol. The van der Waals surface area contributed by atoms with E-state index >= 15 is 0 Å². The number of hydrogen-bond donors (Lipinski definition) is 1. The van der Waals surface area contributed by atoms with Crippen LogP contribution in [0.5, 0.6) is 0 Å². The minimum atomic E-state index is 0.588. The molecule has 0 saturated carbocycles. The first-order valence-electron chi connectivity index (χ1n) is 9.98. The van der Waals surface area contributed by atoms with Crippen molar-refractivity contribution >= 4 is 16.9 Å². The maximum Gasteiger partial charge on any atom is 0.226 e. The molecule has 1 aliphatic rings. The molecule has 1 aromatic carbocycles. The number of aromatic nitrogens is 2. The molecule has 3 rings (SSSR count). The third kappa shape index (κ3) is 4.92. The van der Waals surface area contributed by atoms with Gasteiger partial charge in [0, 0.05) is 37.7 Å². The quantitative estimate of drug-likeness (QED) is 0.768. The lowest BCUT2D eigenvalue weighted by molar-refractivity contribution is 0.144. The lowest BCUT2D eigenvalue weighted by Gasteiger charge is -2.21. The molecule has 1 aromatic heterocycles. The number of aryl methyl sites for hydroxylation is 2. The summed E-state index contributed by atoms with van der Waals surface area (Å²) in [4.78, 5) is 12.0. The van der Waals surface area contributed by atoms with Gasteiger partial charge in [0.05, 0.1) is 11.2 Å². The predicted molar refractivity (Wildman–Crippen MR) is 108 cm³/mol. The van der Waals surface area contributed by atoms with Crippen molar-refractivity contribution in [2.45, 2.75) is 52.5 Å². The Kier molecular flexibility index (Phi) is 6.80. The van der Waals surface area contributed by atoms with Gasteiger partial charge in [-0.1, -0.05) is 12.1 Å². The van der Waals surface area contributed by atoms with Crippen LogP contribution in [0.4, 0.5) is 5.95 Å². The predicted octanol–water partition coefficient (Wildman–Crippen LogP) is 3.62. The molecule has 0 aliphatic carbocycles. The van der Waals surface area contributed by atoms with E-state index in [1.54, 1.807) is 0 Å². The molecule has 1 saturated heterocycles. The van der Waals surface area contributed by atoms with Gasteiger partial charge in [-0.15, -0.1) is 0 Å². The lowest BCUT2D eigenvalue weighted by Crippen LogP contribution is -2.32. The maximum absolute atomic E-state index is 5.41.